The zero-order valence-corrected chi connectivity index (χ0v) is 17.0. The van der Waals surface area contributed by atoms with Crippen molar-refractivity contribution in [3.8, 4) is 11.5 Å². The molecule has 0 saturated carbocycles. The summed E-state index contributed by atoms with van der Waals surface area (Å²) < 4.78 is 10.7. The van der Waals surface area contributed by atoms with Gasteiger partial charge in [-0.3, -0.25) is 9.69 Å². The average Bonchev–Trinajstić information content (AvgIpc) is 3.06. The molecule has 1 saturated heterocycles. The molecule has 0 spiro atoms. The molecule has 3 rings (SSSR count). The molecular weight excluding hydrogens is 342 g/mol. The van der Waals surface area contributed by atoms with Crippen LogP contribution in [0.2, 0.25) is 0 Å². The molecule has 0 aliphatic carbocycles. The van der Waals surface area contributed by atoms with Gasteiger partial charge >= 0.3 is 0 Å². The number of H-pyrrole nitrogens is 1. The molecule has 6 nitrogen and oxygen atoms in total. The van der Waals surface area contributed by atoms with Gasteiger partial charge in [0.25, 0.3) is 5.91 Å². The van der Waals surface area contributed by atoms with E-state index in [1.165, 1.54) is 19.3 Å². The van der Waals surface area contributed by atoms with Crippen LogP contribution in [-0.4, -0.2) is 54.7 Å². The van der Waals surface area contributed by atoms with Crippen LogP contribution in [0.25, 0.3) is 10.9 Å². The third-order valence-electron chi connectivity index (χ3n) is 5.36. The summed E-state index contributed by atoms with van der Waals surface area (Å²) >= 11 is 0. The summed E-state index contributed by atoms with van der Waals surface area (Å²) in [6, 6.07) is 6.09. The van der Waals surface area contributed by atoms with Crippen molar-refractivity contribution in [1.29, 1.82) is 0 Å². The first-order chi connectivity index (χ1) is 12.8. The molecule has 1 amide bonds. The Balaban J connectivity index is 1.76. The Bertz CT molecular complexity index is 812. The lowest BCUT2D eigenvalue weighted by molar-refractivity contribution is 0.0831. The Kier molecular flexibility index (Phi) is 5.65. The van der Waals surface area contributed by atoms with E-state index < -0.39 is 0 Å². The third kappa shape index (κ3) is 4.38. The molecule has 1 aromatic carbocycles. The number of amides is 1. The van der Waals surface area contributed by atoms with Crippen LogP contribution in [-0.2, 0) is 0 Å². The zero-order valence-electron chi connectivity index (χ0n) is 17.0. The summed E-state index contributed by atoms with van der Waals surface area (Å²) in [5.41, 5.74) is 1.03. The van der Waals surface area contributed by atoms with Crippen LogP contribution in [0.3, 0.4) is 0 Å². The van der Waals surface area contributed by atoms with Gasteiger partial charge < -0.3 is 19.8 Å². The van der Waals surface area contributed by atoms with Crippen LogP contribution in [0.5, 0.6) is 11.5 Å². The molecule has 148 valence electrons. The first-order valence-corrected chi connectivity index (χ1v) is 9.64. The zero-order chi connectivity index (χ0) is 19.6. The summed E-state index contributed by atoms with van der Waals surface area (Å²) in [7, 11) is 3.23. The molecule has 1 fully saturated rings. The molecule has 0 radical (unpaired) electrons. The van der Waals surface area contributed by atoms with Gasteiger partial charge in [-0.25, -0.2) is 0 Å². The number of carbonyl (C=O) groups excluding carboxylic acids is 1. The highest BCUT2D eigenvalue weighted by molar-refractivity contribution is 6.00. The monoisotopic (exact) mass is 373 g/mol. The lowest BCUT2D eigenvalue weighted by Crippen LogP contribution is -2.54. The molecule has 6 heteroatoms. The van der Waals surface area contributed by atoms with Crippen molar-refractivity contribution in [3.05, 3.63) is 23.9 Å². The van der Waals surface area contributed by atoms with Crippen molar-refractivity contribution in [3.63, 3.8) is 0 Å². The topological polar surface area (TPSA) is 66.6 Å². The molecule has 1 aliphatic rings. The van der Waals surface area contributed by atoms with Gasteiger partial charge in [0.15, 0.2) is 0 Å². The number of benzene rings is 1. The number of carbonyl (C=O) groups is 1. The van der Waals surface area contributed by atoms with Crippen LogP contribution in [0, 0.1) is 0 Å². The molecule has 2 heterocycles. The van der Waals surface area contributed by atoms with Crippen molar-refractivity contribution in [2.24, 2.45) is 0 Å². The number of likely N-dealkylation sites (tertiary alicyclic amines) is 1. The molecule has 2 N–H and O–H groups in total. The molecule has 2 aromatic rings. The van der Waals surface area contributed by atoms with Gasteiger partial charge in [0.2, 0.25) is 0 Å². The van der Waals surface area contributed by atoms with Crippen LogP contribution in [0.4, 0.5) is 0 Å². The number of methoxy groups -OCH3 is 2. The van der Waals surface area contributed by atoms with E-state index in [1.807, 2.05) is 18.2 Å². The molecular formula is C21H31N3O3. The predicted molar refractivity (Wildman–Crippen MR) is 108 cm³/mol. The summed E-state index contributed by atoms with van der Waals surface area (Å²) in [5.74, 6) is 1.26. The largest absolute Gasteiger partial charge is 0.497 e. The molecule has 27 heavy (non-hydrogen) atoms. The van der Waals surface area contributed by atoms with Gasteiger partial charge in [-0.1, -0.05) is 6.42 Å². The van der Waals surface area contributed by atoms with E-state index in [-0.39, 0.29) is 11.4 Å². The van der Waals surface area contributed by atoms with Crippen LogP contribution in [0.15, 0.2) is 18.2 Å². The maximum atomic E-state index is 12.9. The van der Waals surface area contributed by atoms with Crippen molar-refractivity contribution in [2.75, 3.05) is 27.3 Å². The van der Waals surface area contributed by atoms with Crippen molar-refractivity contribution >= 4 is 16.8 Å². The van der Waals surface area contributed by atoms with E-state index in [1.54, 1.807) is 14.2 Å². The number of rotatable bonds is 6. The lowest BCUT2D eigenvalue weighted by Gasteiger charge is -2.39. The quantitative estimate of drug-likeness (QED) is 0.812. The number of aromatic nitrogens is 1. The van der Waals surface area contributed by atoms with Crippen LogP contribution in [0.1, 0.15) is 50.5 Å². The summed E-state index contributed by atoms with van der Waals surface area (Å²) in [6.07, 6.45) is 3.76. The molecule has 1 atom stereocenters. The second kappa shape index (κ2) is 7.80. The minimum Gasteiger partial charge on any atom is -0.497 e. The molecule has 0 bridgehead atoms. The first kappa shape index (κ1) is 19.5. The van der Waals surface area contributed by atoms with E-state index in [0.29, 0.717) is 23.2 Å². The Morgan fingerprint density at radius 3 is 2.70 bits per heavy atom. The summed E-state index contributed by atoms with van der Waals surface area (Å²) in [4.78, 5) is 18.5. The number of hydrogen-bond acceptors (Lipinski definition) is 4. The fraction of sp³-hybridized carbons (Fsp3) is 0.571. The van der Waals surface area contributed by atoms with Crippen molar-refractivity contribution in [1.82, 2.24) is 15.2 Å². The van der Waals surface area contributed by atoms with Gasteiger partial charge in [-0.05, 0) is 46.2 Å². The number of piperidine rings is 1. The third-order valence-corrected chi connectivity index (χ3v) is 5.36. The molecule has 1 aliphatic heterocycles. The Hall–Kier alpha value is -2.21. The SMILES string of the molecule is COc1cc(OC)c2cc(C(=O)NC(C)(C)CN3CCCCC3C)[nH]c2c1. The fourth-order valence-corrected chi connectivity index (χ4v) is 3.90. The highest BCUT2D eigenvalue weighted by Gasteiger charge is 2.28. The second-order valence-electron chi connectivity index (χ2n) is 8.13. The van der Waals surface area contributed by atoms with Gasteiger partial charge in [0.05, 0.1) is 19.7 Å². The number of ether oxygens (including phenoxy) is 2. The maximum Gasteiger partial charge on any atom is 0.268 e. The minimum absolute atomic E-state index is 0.109. The van der Waals surface area contributed by atoms with E-state index in [9.17, 15) is 4.79 Å². The van der Waals surface area contributed by atoms with Gasteiger partial charge in [0.1, 0.15) is 17.2 Å². The highest BCUT2D eigenvalue weighted by atomic mass is 16.5. The Morgan fingerprint density at radius 2 is 2.04 bits per heavy atom. The molecule has 1 aromatic heterocycles. The Morgan fingerprint density at radius 1 is 1.26 bits per heavy atom. The Labute approximate surface area is 161 Å². The van der Waals surface area contributed by atoms with E-state index in [4.69, 9.17) is 9.47 Å². The normalized spacial score (nSPS) is 18.5. The second-order valence-corrected chi connectivity index (χ2v) is 8.13. The standard InChI is InChI=1S/C21H31N3O3/c1-14-8-6-7-9-24(14)13-21(2,3)23-20(25)18-12-16-17(22-18)10-15(26-4)11-19(16)27-5/h10-12,14,22H,6-9,13H2,1-5H3,(H,23,25). The highest BCUT2D eigenvalue weighted by Crippen LogP contribution is 2.31. The van der Waals surface area contributed by atoms with Gasteiger partial charge in [0, 0.05) is 35.6 Å². The smallest absolute Gasteiger partial charge is 0.268 e. The van der Waals surface area contributed by atoms with Crippen LogP contribution >= 0.6 is 0 Å². The van der Waals surface area contributed by atoms with E-state index >= 15 is 0 Å². The number of hydrogen-bond donors (Lipinski definition) is 2. The van der Waals surface area contributed by atoms with Crippen molar-refractivity contribution < 1.29 is 14.3 Å². The average molecular weight is 373 g/mol. The number of aromatic amines is 1. The van der Waals surface area contributed by atoms with Crippen LogP contribution < -0.4 is 14.8 Å². The van der Waals surface area contributed by atoms with E-state index in [2.05, 4.69) is 36.0 Å². The predicted octanol–water partition coefficient (Wildman–Crippen LogP) is 3.57. The lowest BCUT2D eigenvalue weighted by atomic mass is 9.98. The number of nitrogens with one attached hydrogen (secondary N) is 2. The maximum absolute atomic E-state index is 12.9. The first-order valence-electron chi connectivity index (χ1n) is 9.64. The minimum atomic E-state index is -0.318. The number of fused-ring (bicyclic) bond motifs is 1. The fourth-order valence-electron chi connectivity index (χ4n) is 3.90. The van der Waals surface area contributed by atoms with E-state index in [0.717, 1.165) is 24.0 Å². The van der Waals surface area contributed by atoms with Gasteiger partial charge in [-0.2, -0.15) is 0 Å². The van der Waals surface area contributed by atoms with Crippen molar-refractivity contribution in [2.45, 2.75) is 51.6 Å². The van der Waals surface area contributed by atoms with Gasteiger partial charge in [-0.15, -0.1) is 0 Å². The summed E-state index contributed by atoms with van der Waals surface area (Å²) in [5, 5.41) is 4.05. The summed E-state index contributed by atoms with van der Waals surface area (Å²) in [6.45, 7) is 8.38. The number of nitrogens with zero attached hydrogens (tertiary/aromatic N) is 1. The molecule has 1 unspecified atom stereocenters.